The summed E-state index contributed by atoms with van der Waals surface area (Å²) >= 11 is 0. The van der Waals surface area contributed by atoms with Crippen molar-refractivity contribution in [3.8, 4) is 0 Å². The number of carboxylic acid groups (broad SMARTS) is 1. The molecule has 1 aliphatic heterocycles. The molecule has 0 saturated carbocycles. The fraction of sp³-hybridized carbons (Fsp3) is 0.818. The molecule has 11 heteroatoms. The number of ether oxygens (including phenoxy) is 2. The van der Waals surface area contributed by atoms with Crippen LogP contribution in [0.25, 0.3) is 0 Å². The first-order valence-electron chi connectivity index (χ1n) is 6.24. The highest BCUT2D eigenvalue weighted by molar-refractivity contribution is 5.73. The van der Waals surface area contributed by atoms with Gasteiger partial charge in [-0.3, -0.25) is 0 Å². The molecule has 0 aromatic rings. The van der Waals surface area contributed by atoms with Gasteiger partial charge in [-0.1, -0.05) is 0 Å². The van der Waals surface area contributed by atoms with Gasteiger partial charge >= 0.3 is 5.97 Å². The first-order valence-corrected chi connectivity index (χ1v) is 6.24. The van der Waals surface area contributed by atoms with Gasteiger partial charge in [0.2, 0.25) is 0 Å². The molecule has 0 amide bonds. The lowest BCUT2D eigenvalue weighted by molar-refractivity contribution is -0.316. The fourth-order valence-electron chi connectivity index (χ4n) is 1.90. The molecule has 0 radical (unpaired) electrons. The highest BCUT2D eigenvalue weighted by Crippen LogP contribution is 2.24. The summed E-state index contributed by atoms with van der Waals surface area (Å²) in [6.45, 7) is -0.911. The third kappa shape index (κ3) is 3.97. The lowest BCUT2D eigenvalue weighted by Crippen LogP contribution is -2.62. The van der Waals surface area contributed by atoms with E-state index in [-0.39, 0.29) is 6.29 Å². The molecule has 0 bridgehead atoms. The van der Waals surface area contributed by atoms with E-state index in [1.807, 2.05) is 0 Å². The van der Waals surface area contributed by atoms with Gasteiger partial charge in [0.25, 0.3) is 0 Å². The summed E-state index contributed by atoms with van der Waals surface area (Å²) in [7, 11) is 0. The zero-order valence-electron chi connectivity index (χ0n) is 11.2. The maximum absolute atomic E-state index is 10.9. The molecule has 1 heterocycles. The van der Waals surface area contributed by atoms with E-state index >= 15 is 0 Å². The van der Waals surface area contributed by atoms with E-state index < -0.39 is 61.6 Å². The van der Waals surface area contributed by atoms with Crippen LogP contribution in [0, 0.1) is 0 Å². The van der Waals surface area contributed by atoms with Crippen molar-refractivity contribution in [2.75, 3.05) is 6.61 Å². The van der Waals surface area contributed by atoms with Gasteiger partial charge in [0, 0.05) is 0 Å². The van der Waals surface area contributed by atoms with E-state index in [2.05, 4.69) is 0 Å². The van der Waals surface area contributed by atoms with Crippen LogP contribution in [0.1, 0.15) is 0 Å². The zero-order valence-corrected chi connectivity index (χ0v) is 11.2. The highest BCUT2D eigenvalue weighted by Gasteiger charge is 2.49. The molecule has 1 saturated heterocycles. The van der Waals surface area contributed by atoms with Crippen molar-refractivity contribution in [3.63, 3.8) is 0 Å². The van der Waals surface area contributed by atoms with Gasteiger partial charge in [-0.05, 0) is 0 Å². The van der Waals surface area contributed by atoms with Crippen LogP contribution in [0.4, 0.5) is 0 Å². The minimum Gasteiger partial charge on any atom is -0.479 e. The summed E-state index contributed by atoms with van der Waals surface area (Å²) in [4.78, 5) is 21.5. The molecule has 8 atom stereocenters. The van der Waals surface area contributed by atoms with Crippen molar-refractivity contribution in [3.05, 3.63) is 0 Å². The summed E-state index contributed by atoms with van der Waals surface area (Å²) in [5, 5.41) is 65.3. The molecule has 1 fully saturated rings. The quantitative estimate of drug-likeness (QED) is 0.222. The second-order valence-corrected chi connectivity index (χ2v) is 4.71. The van der Waals surface area contributed by atoms with E-state index in [9.17, 15) is 35.1 Å². The Morgan fingerprint density at radius 2 is 1.77 bits per heavy atom. The second kappa shape index (κ2) is 7.89. The Hall–Kier alpha value is -1.18. The molecule has 7 N–H and O–H groups in total. The van der Waals surface area contributed by atoms with Crippen LogP contribution in [0.5, 0.6) is 0 Å². The second-order valence-electron chi connectivity index (χ2n) is 4.71. The molecule has 22 heavy (non-hydrogen) atoms. The van der Waals surface area contributed by atoms with Crippen LogP contribution in [0.2, 0.25) is 0 Å². The smallest absolute Gasteiger partial charge is 0.335 e. The Labute approximate surface area is 123 Å². The van der Waals surface area contributed by atoms with E-state index in [0.717, 1.165) is 0 Å². The Kier molecular flexibility index (Phi) is 6.77. The lowest BCUT2D eigenvalue weighted by Gasteiger charge is -2.40. The highest BCUT2D eigenvalue weighted by atomic mass is 16.7. The standard InChI is InChI=1S/C11H18O11/c12-1-3(14)8(4(15)2-13)21-11-7(18)5(16)6(17)9(22-11)10(19)20/h1,3-9,11,13-18H,2H2,(H,19,20)/t3-,4+,5-,6-,7+,8+,9-,11-/m0/s1. The van der Waals surface area contributed by atoms with Gasteiger partial charge in [0.15, 0.2) is 18.7 Å². The van der Waals surface area contributed by atoms with Crippen LogP contribution in [0.3, 0.4) is 0 Å². The molecule has 1 aliphatic rings. The molecular formula is C11H18O11. The van der Waals surface area contributed by atoms with Gasteiger partial charge < -0.3 is 50.0 Å². The SMILES string of the molecule is O=C[C@H](O)[C@@H](O[C@H]1O[C@H](C(=O)O)[C@@H](O)[C@H](O)[C@H]1O)[C@H](O)CO. The average Bonchev–Trinajstić information content (AvgIpc) is 2.50. The van der Waals surface area contributed by atoms with E-state index in [4.69, 9.17) is 19.7 Å². The molecule has 0 spiro atoms. The van der Waals surface area contributed by atoms with Gasteiger partial charge in [-0.25, -0.2) is 4.79 Å². The number of carbonyl (C=O) groups excluding carboxylic acids is 1. The number of aliphatic hydroxyl groups excluding tert-OH is 6. The topological polar surface area (TPSA) is 194 Å². The number of aliphatic carboxylic acids is 1. The van der Waals surface area contributed by atoms with Gasteiger partial charge in [0.1, 0.15) is 36.6 Å². The van der Waals surface area contributed by atoms with Crippen LogP contribution in [-0.4, -0.2) is 104 Å². The number of hydrogen-bond donors (Lipinski definition) is 7. The van der Waals surface area contributed by atoms with Crippen molar-refractivity contribution in [1.82, 2.24) is 0 Å². The predicted octanol–water partition coefficient (Wildman–Crippen LogP) is -4.82. The number of aldehydes is 1. The van der Waals surface area contributed by atoms with E-state index in [1.54, 1.807) is 0 Å². The lowest BCUT2D eigenvalue weighted by atomic mass is 9.98. The normalized spacial score (nSPS) is 36.4. The molecule has 128 valence electrons. The number of aliphatic hydroxyl groups is 6. The first-order chi connectivity index (χ1) is 10.2. The third-order valence-electron chi connectivity index (χ3n) is 3.15. The summed E-state index contributed by atoms with van der Waals surface area (Å²) in [5.74, 6) is -1.65. The summed E-state index contributed by atoms with van der Waals surface area (Å²) in [6.07, 6.45) is -15.0. The minimum atomic E-state index is -1.94. The summed E-state index contributed by atoms with van der Waals surface area (Å²) in [6, 6.07) is 0. The summed E-state index contributed by atoms with van der Waals surface area (Å²) in [5.41, 5.74) is 0. The molecule has 0 unspecified atom stereocenters. The van der Waals surface area contributed by atoms with E-state index in [0.29, 0.717) is 0 Å². The Balaban J connectivity index is 2.92. The van der Waals surface area contributed by atoms with Gasteiger partial charge in [-0.2, -0.15) is 0 Å². The number of carboxylic acids is 1. The molecule has 0 aromatic carbocycles. The van der Waals surface area contributed by atoms with Crippen molar-refractivity contribution >= 4 is 12.3 Å². The fourth-order valence-corrected chi connectivity index (χ4v) is 1.90. The van der Waals surface area contributed by atoms with Crippen molar-refractivity contribution in [2.45, 2.75) is 49.0 Å². The number of hydrogen-bond acceptors (Lipinski definition) is 10. The Bertz CT molecular complexity index is 388. The number of carbonyl (C=O) groups is 2. The van der Waals surface area contributed by atoms with E-state index in [1.165, 1.54) is 0 Å². The monoisotopic (exact) mass is 326 g/mol. The molecule has 0 aromatic heterocycles. The van der Waals surface area contributed by atoms with Crippen LogP contribution >= 0.6 is 0 Å². The predicted molar refractivity (Wildman–Crippen MR) is 64.4 cm³/mol. The minimum absolute atomic E-state index is 0.0152. The average molecular weight is 326 g/mol. The van der Waals surface area contributed by atoms with Crippen molar-refractivity contribution in [2.24, 2.45) is 0 Å². The molecule has 1 rings (SSSR count). The van der Waals surface area contributed by atoms with Crippen molar-refractivity contribution in [1.29, 1.82) is 0 Å². The number of rotatable bonds is 7. The van der Waals surface area contributed by atoms with Crippen molar-refractivity contribution < 1.29 is 54.8 Å². The van der Waals surface area contributed by atoms with Gasteiger partial charge in [-0.15, -0.1) is 0 Å². The third-order valence-corrected chi connectivity index (χ3v) is 3.15. The molecular weight excluding hydrogens is 308 g/mol. The zero-order chi connectivity index (χ0) is 17.0. The first kappa shape index (κ1) is 18.9. The Morgan fingerprint density at radius 3 is 2.23 bits per heavy atom. The largest absolute Gasteiger partial charge is 0.479 e. The van der Waals surface area contributed by atoms with Crippen LogP contribution in [0.15, 0.2) is 0 Å². The van der Waals surface area contributed by atoms with Crippen LogP contribution in [-0.2, 0) is 19.1 Å². The maximum atomic E-state index is 10.9. The van der Waals surface area contributed by atoms with Crippen LogP contribution < -0.4 is 0 Å². The molecule has 0 aliphatic carbocycles. The van der Waals surface area contributed by atoms with Gasteiger partial charge in [0.05, 0.1) is 6.61 Å². The Morgan fingerprint density at radius 1 is 1.18 bits per heavy atom. The maximum Gasteiger partial charge on any atom is 0.335 e. The molecule has 11 nitrogen and oxygen atoms in total. The summed E-state index contributed by atoms with van der Waals surface area (Å²) < 4.78 is 9.67.